The molecule has 9 nitrogen and oxygen atoms in total. The topological polar surface area (TPSA) is 107 Å². The number of hydrogen-bond donors (Lipinski definition) is 1. The van der Waals surface area contributed by atoms with Crippen LogP contribution < -0.4 is 4.90 Å². The number of anilines is 1. The summed E-state index contributed by atoms with van der Waals surface area (Å²) in [5.41, 5.74) is 3.13. The van der Waals surface area contributed by atoms with Crippen LogP contribution in [0, 0.1) is 16.0 Å². The summed E-state index contributed by atoms with van der Waals surface area (Å²) < 4.78 is 0. The molecular formula is C25H30N4O5. The number of nitro groups is 1. The second-order valence-corrected chi connectivity index (χ2v) is 9.13. The number of nitrogens with zero attached hydrogens (tertiary/aromatic N) is 4. The average molecular weight is 467 g/mol. The zero-order chi connectivity index (χ0) is 24.2. The quantitative estimate of drug-likeness (QED) is 0.447. The first-order valence-electron chi connectivity index (χ1n) is 11.6. The van der Waals surface area contributed by atoms with Crippen LogP contribution in [-0.4, -0.2) is 71.5 Å². The van der Waals surface area contributed by atoms with Crippen LogP contribution in [0.4, 0.5) is 11.4 Å². The largest absolute Gasteiger partial charge is 0.481 e. The van der Waals surface area contributed by atoms with E-state index in [1.165, 1.54) is 0 Å². The minimum absolute atomic E-state index is 0.00109. The Morgan fingerprint density at radius 1 is 1.09 bits per heavy atom. The molecule has 0 unspecified atom stereocenters. The van der Waals surface area contributed by atoms with Gasteiger partial charge in [-0.3, -0.25) is 19.7 Å². The number of carboxylic acids is 1. The van der Waals surface area contributed by atoms with E-state index in [9.17, 15) is 19.7 Å². The molecule has 1 heterocycles. The van der Waals surface area contributed by atoms with Crippen LogP contribution in [0.2, 0.25) is 0 Å². The number of carboxylic acid groups (broad SMARTS) is 1. The molecule has 1 amide bonds. The molecule has 9 heteroatoms. The van der Waals surface area contributed by atoms with E-state index < -0.39 is 5.97 Å². The zero-order valence-corrected chi connectivity index (χ0v) is 19.4. The smallest absolute Gasteiger partial charge is 0.305 e. The highest BCUT2D eigenvalue weighted by Gasteiger charge is 2.33. The van der Waals surface area contributed by atoms with Crippen molar-refractivity contribution >= 4 is 23.3 Å². The molecule has 0 spiro atoms. The van der Waals surface area contributed by atoms with Gasteiger partial charge < -0.3 is 19.8 Å². The van der Waals surface area contributed by atoms with Gasteiger partial charge in [0, 0.05) is 51.3 Å². The van der Waals surface area contributed by atoms with E-state index in [0.29, 0.717) is 12.2 Å². The van der Waals surface area contributed by atoms with E-state index >= 15 is 0 Å². The Kier molecular flexibility index (Phi) is 7.12. The van der Waals surface area contributed by atoms with Gasteiger partial charge in [-0.1, -0.05) is 24.3 Å². The Balaban J connectivity index is 1.56. The Morgan fingerprint density at radius 3 is 2.44 bits per heavy atom. The summed E-state index contributed by atoms with van der Waals surface area (Å²) in [5, 5.41) is 20.9. The van der Waals surface area contributed by atoms with Gasteiger partial charge >= 0.3 is 5.97 Å². The molecule has 0 atom stereocenters. The van der Waals surface area contributed by atoms with E-state index in [-0.39, 0.29) is 35.4 Å². The van der Waals surface area contributed by atoms with Crippen molar-refractivity contribution in [2.24, 2.45) is 5.92 Å². The van der Waals surface area contributed by atoms with Crippen LogP contribution in [0.25, 0.3) is 11.1 Å². The van der Waals surface area contributed by atoms with Crippen LogP contribution >= 0.6 is 0 Å². The normalized spacial score (nSPS) is 16.3. The fourth-order valence-electron chi connectivity index (χ4n) is 4.32. The third kappa shape index (κ3) is 5.72. The van der Waals surface area contributed by atoms with Crippen LogP contribution in [0.15, 0.2) is 42.5 Å². The second-order valence-electron chi connectivity index (χ2n) is 9.13. The first kappa shape index (κ1) is 23.7. The van der Waals surface area contributed by atoms with Crippen molar-refractivity contribution in [2.75, 3.05) is 44.7 Å². The van der Waals surface area contributed by atoms with Crippen molar-refractivity contribution < 1.29 is 19.6 Å². The highest BCUT2D eigenvalue weighted by Crippen LogP contribution is 2.35. The first-order chi connectivity index (χ1) is 16.3. The number of carbonyl (C=O) groups excluding carboxylic acids is 1. The zero-order valence-electron chi connectivity index (χ0n) is 19.4. The highest BCUT2D eigenvalue weighted by atomic mass is 16.6. The summed E-state index contributed by atoms with van der Waals surface area (Å²) in [7, 11) is 2.04. The molecule has 1 aliphatic carbocycles. The summed E-state index contributed by atoms with van der Waals surface area (Å²) >= 11 is 0. The number of nitro benzene ring substituents is 1. The molecule has 1 saturated heterocycles. The third-order valence-corrected chi connectivity index (χ3v) is 6.48. The molecule has 0 radical (unpaired) electrons. The highest BCUT2D eigenvalue weighted by molar-refractivity contribution is 5.81. The number of hydrogen-bond acceptors (Lipinski definition) is 6. The molecule has 1 N–H and O–H groups in total. The molecule has 4 rings (SSSR count). The van der Waals surface area contributed by atoms with Gasteiger partial charge in [0.15, 0.2) is 0 Å². The molecule has 1 saturated carbocycles. The number of benzene rings is 2. The van der Waals surface area contributed by atoms with Gasteiger partial charge in [0.2, 0.25) is 5.91 Å². The maximum Gasteiger partial charge on any atom is 0.305 e. The van der Waals surface area contributed by atoms with Crippen molar-refractivity contribution in [2.45, 2.75) is 25.8 Å². The fourth-order valence-corrected chi connectivity index (χ4v) is 4.32. The predicted molar refractivity (Wildman–Crippen MR) is 129 cm³/mol. The monoisotopic (exact) mass is 466 g/mol. The Bertz CT molecular complexity index is 1080. The first-order valence-corrected chi connectivity index (χ1v) is 11.6. The van der Waals surface area contributed by atoms with Gasteiger partial charge in [0.05, 0.1) is 11.3 Å². The minimum Gasteiger partial charge on any atom is -0.481 e. The molecule has 180 valence electrons. The van der Waals surface area contributed by atoms with Crippen LogP contribution in [0.3, 0.4) is 0 Å². The summed E-state index contributed by atoms with van der Waals surface area (Å²) in [4.78, 5) is 41.1. The van der Waals surface area contributed by atoms with Gasteiger partial charge in [-0.25, -0.2) is 0 Å². The fraction of sp³-hybridized carbons (Fsp3) is 0.440. The van der Waals surface area contributed by atoms with Crippen molar-refractivity contribution in [1.82, 2.24) is 9.80 Å². The summed E-state index contributed by atoms with van der Waals surface area (Å²) in [5.74, 6) is -0.935. The van der Waals surface area contributed by atoms with Crippen molar-refractivity contribution in [3.63, 3.8) is 0 Å². The maximum absolute atomic E-state index is 12.7. The molecule has 34 heavy (non-hydrogen) atoms. The molecule has 2 aliphatic rings. The standard InChI is InChI=1S/C25H30N4O5/c1-26-11-13-27(14-12-26)22-8-7-21(16-23(22)29(33)34)20-4-2-3-18(15-20)17-28(10-9-24(30)31)25(32)19-5-6-19/h2-4,7-8,15-16,19H,5-6,9-14,17H2,1H3,(H,30,31). The van der Waals surface area contributed by atoms with Gasteiger partial charge in [0.25, 0.3) is 5.69 Å². The minimum atomic E-state index is -0.935. The Hall–Kier alpha value is -3.46. The van der Waals surface area contributed by atoms with E-state index in [1.54, 1.807) is 11.0 Å². The summed E-state index contributed by atoms with van der Waals surface area (Å²) in [6.07, 6.45) is 1.61. The lowest BCUT2D eigenvalue weighted by atomic mass is 10.0. The third-order valence-electron chi connectivity index (χ3n) is 6.48. The molecule has 2 fully saturated rings. The van der Waals surface area contributed by atoms with Gasteiger partial charge in [-0.15, -0.1) is 0 Å². The van der Waals surface area contributed by atoms with Crippen LogP contribution in [0.5, 0.6) is 0 Å². The molecule has 1 aliphatic heterocycles. The summed E-state index contributed by atoms with van der Waals surface area (Å²) in [6, 6.07) is 12.9. The molecule has 0 bridgehead atoms. The van der Waals surface area contributed by atoms with E-state index in [2.05, 4.69) is 9.80 Å². The lowest BCUT2D eigenvalue weighted by Gasteiger charge is -2.33. The van der Waals surface area contributed by atoms with Crippen molar-refractivity contribution in [1.29, 1.82) is 0 Å². The number of rotatable bonds is 9. The van der Waals surface area contributed by atoms with Crippen molar-refractivity contribution in [3.05, 3.63) is 58.1 Å². The van der Waals surface area contributed by atoms with Crippen LogP contribution in [-0.2, 0) is 16.1 Å². The van der Waals surface area contributed by atoms with E-state index in [4.69, 9.17) is 5.11 Å². The SMILES string of the molecule is CN1CCN(c2ccc(-c3cccc(CN(CCC(=O)O)C(=O)C4CC4)c3)cc2[N+](=O)[O-])CC1. The number of amides is 1. The van der Waals surface area contributed by atoms with E-state index in [0.717, 1.165) is 55.7 Å². The molecule has 2 aromatic carbocycles. The molecular weight excluding hydrogens is 436 g/mol. The van der Waals surface area contributed by atoms with Gasteiger partial charge in [-0.05, 0) is 48.7 Å². The van der Waals surface area contributed by atoms with E-state index in [1.807, 2.05) is 43.4 Å². The molecule has 2 aromatic rings. The second kappa shape index (κ2) is 10.2. The Morgan fingerprint density at radius 2 is 1.79 bits per heavy atom. The number of carbonyl (C=O) groups is 2. The maximum atomic E-state index is 12.7. The number of piperazine rings is 1. The van der Waals surface area contributed by atoms with Crippen LogP contribution in [0.1, 0.15) is 24.8 Å². The lowest BCUT2D eigenvalue weighted by Crippen LogP contribution is -2.44. The van der Waals surface area contributed by atoms with Gasteiger partial charge in [-0.2, -0.15) is 0 Å². The molecule has 0 aromatic heterocycles. The number of likely N-dealkylation sites (N-methyl/N-ethyl adjacent to an activating group) is 1. The van der Waals surface area contributed by atoms with Gasteiger partial charge in [0.1, 0.15) is 5.69 Å². The Labute approximate surface area is 198 Å². The lowest BCUT2D eigenvalue weighted by molar-refractivity contribution is -0.384. The average Bonchev–Trinajstić information content (AvgIpc) is 3.67. The summed E-state index contributed by atoms with van der Waals surface area (Å²) in [6.45, 7) is 3.69. The van der Waals surface area contributed by atoms with Crippen molar-refractivity contribution in [3.8, 4) is 11.1 Å². The predicted octanol–water partition coefficient (Wildman–Crippen LogP) is 3.23. The number of aliphatic carboxylic acids is 1.